The maximum atomic E-state index is 4.43. The van der Waals surface area contributed by atoms with E-state index in [0.717, 1.165) is 31.1 Å². The summed E-state index contributed by atoms with van der Waals surface area (Å²) in [4.78, 5) is 11.1. The Morgan fingerprint density at radius 1 is 1.29 bits per heavy atom. The molecule has 0 saturated heterocycles. The van der Waals surface area contributed by atoms with E-state index in [1.165, 1.54) is 6.42 Å². The van der Waals surface area contributed by atoms with Crippen molar-refractivity contribution in [3.63, 3.8) is 0 Å². The Balaban J connectivity index is 2.68. The molecule has 0 aliphatic rings. The van der Waals surface area contributed by atoms with Gasteiger partial charge in [0.1, 0.15) is 0 Å². The molecule has 0 radical (unpaired) electrons. The molecule has 0 amide bonds. The molecule has 0 spiro atoms. The number of hydrogen-bond donors (Lipinski definition) is 1. The van der Waals surface area contributed by atoms with Crippen molar-refractivity contribution in [2.75, 3.05) is 25.0 Å². The van der Waals surface area contributed by atoms with Gasteiger partial charge in [-0.05, 0) is 19.9 Å². The number of aromatic nitrogens is 2. The number of nitrogens with zero attached hydrogens (tertiary/aromatic N) is 3. The average Bonchev–Trinajstić information content (AvgIpc) is 2.37. The van der Waals surface area contributed by atoms with Gasteiger partial charge in [-0.1, -0.05) is 20.3 Å². The van der Waals surface area contributed by atoms with Gasteiger partial charge in [-0.3, -0.25) is 0 Å². The van der Waals surface area contributed by atoms with E-state index in [1.807, 2.05) is 19.4 Å². The molecule has 0 aliphatic heterocycles. The molecule has 0 aromatic carbocycles. The first-order valence-corrected chi connectivity index (χ1v) is 6.41. The molecule has 0 fully saturated rings. The minimum absolute atomic E-state index is 0.676. The van der Waals surface area contributed by atoms with Gasteiger partial charge in [-0.2, -0.15) is 0 Å². The van der Waals surface area contributed by atoms with Crippen LogP contribution in [-0.2, 0) is 6.54 Å². The van der Waals surface area contributed by atoms with Crippen molar-refractivity contribution < 1.29 is 0 Å². The Morgan fingerprint density at radius 2 is 1.94 bits per heavy atom. The van der Waals surface area contributed by atoms with Gasteiger partial charge < -0.3 is 10.2 Å². The first kappa shape index (κ1) is 13.9. The number of rotatable bonds is 7. The Hall–Kier alpha value is -1.16. The zero-order valence-corrected chi connectivity index (χ0v) is 11.4. The third kappa shape index (κ3) is 4.30. The maximum absolute atomic E-state index is 4.43. The molecular weight excluding hydrogens is 212 g/mol. The van der Waals surface area contributed by atoms with Crippen molar-refractivity contribution in [2.24, 2.45) is 5.92 Å². The highest BCUT2D eigenvalue weighted by Crippen LogP contribution is 2.11. The van der Waals surface area contributed by atoms with E-state index in [9.17, 15) is 0 Å². The van der Waals surface area contributed by atoms with Gasteiger partial charge in [0, 0.05) is 37.6 Å². The molecule has 1 N–H and O–H groups in total. The van der Waals surface area contributed by atoms with Crippen LogP contribution < -0.4 is 10.2 Å². The first-order valence-electron chi connectivity index (χ1n) is 6.41. The Kier molecular flexibility index (Phi) is 5.91. The maximum Gasteiger partial charge on any atom is 0.225 e. The van der Waals surface area contributed by atoms with Gasteiger partial charge in [0.25, 0.3) is 0 Å². The first-order chi connectivity index (χ1) is 8.21. The smallest absolute Gasteiger partial charge is 0.225 e. The van der Waals surface area contributed by atoms with Crippen LogP contribution in [0.15, 0.2) is 12.4 Å². The lowest BCUT2D eigenvalue weighted by atomic mass is 10.1. The predicted molar refractivity (Wildman–Crippen MR) is 72.1 cm³/mol. The van der Waals surface area contributed by atoms with Gasteiger partial charge in [0.15, 0.2) is 0 Å². The molecule has 1 aromatic heterocycles. The van der Waals surface area contributed by atoms with Gasteiger partial charge in [0.05, 0.1) is 0 Å². The van der Waals surface area contributed by atoms with Gasteiger partial charge in [0.2, 0.25) is 5.95 Å². The quantitative estimate of drug-likeness (QED) is 0.787. The second kappa shape index (κ2) is 7.22. The third-order valence-corrected chi connectivity index (χ3v) is 2.97. The summed E-state index contributed by atoms with van der Waals surface area (Å²) >= 11 is 0. The fraction of sp³-hybridized carbons (Fsp3) is 0.692. The largest absolute Gasteiger partial charge is 0.341 e. The normalized spacial score (nSPS) is 12.5. The van der Waals surface area contributed by atoms with E-state index in [-0.39, 0.29) is 0 Å². The molecule has 1 aromatic rings. The van der Waals surface area contributed by atoms with E-state index in [4.69, 9.17) is 0 Å². The second-order valence-corrected chi connectivity index (χ2v) is 4.47. The molecule has 17 heavy (non-hydrogen) atoms. The third-order valence-electron chi connectivity index (χ3n) is 2.97. The summed E-state index contributed by atoms with van der Waals surface area (Å²) in [7, 11) is 1.93. The minimum Gasteiger partial charge on any atom is -0.341 e. The SMILES string of the molecule is CCC(C)CN(CC)c1ncc(CNC)cn1. The van der Waals surface area contributed by atoms with Gasteiger partial charge in [-0.15, -0.1) is 0 Å². The molecule has 1 rings (SSSR count). The van der Waals surface area contributed by atoms with E-state index in [2.05, 4.69) is 41.0 Å². The molecule has 4 heteroatoms. The van der Waals surface area contributed by atoms with Crippen LogP contribution in [0.2, 0.25) is 0 Å². The van der Waals surface area contributed by atoms with Crippen LogP contribution in [0.25, 0.3) is 0 Å². The summed E-state index contributed by atoms with van der Waals surface area (Å²) in [5.41, 5.74) is 1.12. The fourth-order valence-electron chi connectivity index (χ4n) is 1.66. The van der Waals surface area contributed by atoms with Crippen molar-refractivity contribution in [3.05, 3.63) is 18.0 Å². The minimum atomic E-state index is 0.676. The lowest BCUT2D eigenvalue weighted by molar-refractivity contribution is 0.542. The van der Waals surface area contributed by atoms with Crippen molar-refractivity contribution in [2.45, 2.75) is 33.7 Å². The summed E-state index contributed by atoms with van der Waals surface area (Å²) in [6.45, 7) is 9.42. The Morgan fingerprint density at radius 3 is 2.41 bits per heavy atom. The molecule has 0 saturated carbocycles. The molecule has 1 unspecified atom stereocenters. The summed E-state index contributed by atoms with van der Waals surface area (Å²) < 4.78 is 0. The zero-order valence-electron chi connectivity index (χ0n) is 11.4. The monoisotopic (exact) mass is 236 g/mol. The summed E-state index contributed by atoms with van der Waals surface area (Å²) in [6.07, 6.45) is 4.99. The molecule has 0 bridgehead atoms. The highest BCUT2D eigenvalue weighted by molar-refractivity contribution is 5.29. The lowest BCUT2D eigenvalue weighted by Gasteiger charge is -2.23. The van der Waals surface area contributed by atoms with Gasteiger partial charge in [-0.25, -0.2) is 9.97 Å². The highest BCUT2D eigenvalue weighted by Gasteiger charge is 2.10. The summed E-state index contributed by atoms with van der Waals surface area (Å²) in [5, 5.41) is 3.09. The van der Waals surface area contributed by atoms with E-state index < -0.39 is 0 Å². The highest BCUT2D eigenvalue weighted by atomic mass is 15.2. The molecule has 96 valence electrons. The predicted octanol–water partition coefficient (Wildman–Crippen LogP) is 2.07. The molecule has 1 atom stereocenters. The second-order valence-electron chi connectivity index (χ2n) is 4.47. The van der Waals surface area contributed by atoms with Gasteiger partial charge >= 0.3 is 0 Å². The molecular formula is C13H24N4. The molecule has 1 heterocycles. The fourth-order valence-corrected chi connectivity index (χ4v) is 1.66. The van der Waals surface area contributed by atoms with Crippen LogP contribution in [-0.4, -0.2) is 30.1 Å². The summed E-state index contributed by atoms with van der Waals surface area (Å²) in [6, 6.07) is 0. The van der Waals surface area contributed by atoms with E-state index >= 15 is 0 Å². The van der Waals surface area contributed by atoms with Crippen LogP contribution in [0.1, 0.15) is 32.8 Å². The van der Waals surface area contributed by atoms with Crippen molar-refractivity contribution >= 4 is 5.95 Å². The van der Waals surface area contributed by atoms with Crippen molar-refractivity contribution in [1.29, 1.82) is 0 Å². The number of anilines is 1. The standard InChI is InChI=1S/C13H24N4/c1-5-11(3)10-17(6-2)13-15-8-12(7-14-4)9-16-13/h8-9,11,14H,5-7,10H2,1-4H3. The zero-order chi connectivity index (χ0) is 12.7. The molecule has 0 aliphatic carbocycles. The van der Waals surface area contributed by atoms with Crippen LogP contribution in [0.5, 0.6) is 0 Å². The van der Waals surface area contributed by atoms with Crippen LogP contribution >= 0.6 is 0 Å². The molecule has 4 nitrogen and oxygen atoms in total. The Labute approximate surface area is 104 Å². The lowest BCUT2D eigenvalue weighted by Crippen LogP contribution is -2.29. The van der Waals surface area contributed by atoms with Crippen LogP contribution in [0, 0.1) is 5.92 Å². The van der Waals surface area contributed by atoms with Crippen LogP contribution in [0.4, 0.5) is 5.95 Å². The average molecular weight is 236 g/mol. The Bertz CT molecular complexity index is 310. The van der Waals surface area contributed by atoms with E-state index in [1.54, 1.807) is 0 Å². The number of nitrogens with one attached hydrogen (secondary N) is 1. The van der Waals surface area contributed by atoms with Crippen LogP contribution in [0.3, 0.4) is 0 Å². The van der Waals surface area contributed by atoms with E-state index in [0.29, 0.717) is 5.92 Å². The summed E-state index contributed by atoms with van der Waals surface area (Å²) in [5.74, 6) is 1.52. The number of hydrogen-bond acceptors (Lipinski definition) is 4. The van der Waals surface area contributed by atoms with Crippen molar-refractivity contribution in [1.82, 2.24) is 15.3 Å². The van der Waals surface area contributed by atoms with Crippen molar-refractivity contribution in [3.8, 4) is 0 Å². The topological polar surface area (TPSA) is 41.1 Å².